The Bertz CT molecular complexity index is 3340. The highest BCUT2D eigenvalue weighted by Crippen LogP contribution is 2.59. The average molecular weight is 1150 g/mol. The minimum absolute atomic E-state index is 0.0675. The molecule has 0 spiro atoms. The maximum atomic E-state index is 15.2. The Balaban J connectivity index is 1.41. The molecule has 0 bridgehead atoms. The molecule has 8 aromatic rings. The zero-order valence-corrected chi connectivity index (χ0v) is 51.5. The van der Waals surface area contributed by atoms with Crippen LogP contribution in [0.1, 0.15) is 165 Å². The van der Waals surface area contributed by atoms with Crippen molar-refractivity contribution in [1.82, 2.24) is 0 Å². The zero-order chi connectivity index (χ0) is 61.2. The highest BCUT2D eigenvalue weighted by atomic mass is 19.4. The van der Waals surface area contributed by atoms with Crippen LogP contribution in [0.3, 0.4) is 0 Å². The molecular weight excluding hydrogens is 1060 g/mol. The van der Waals surface area contributed by atoms with Crippen molar-refractivity contribution in [1.29, 1.82) is 0 Å². The Labute approximate surface area is 495 Å². The maximum Gasteiger partial charge on any atom is 0.422 e. The van der Waals surface area contributed by atoms with Crippen LogP contribution in [-0.2, 0) is 66.3 Å². The van der Waals surface area contributed by atoms with Crippen molar-refractivity contribution in [2.75, 3.05) is 0 Å². The molecule has 0 amide bonds. The van der Waals surface area contributed by atoms with E-state index in [1.165, 1.54) is 0 Å². The first-order valence-corrected chi connectivity index (χ1v) is 28.8. The predicted octanol–water partition coefficient (Wildman–Crippen LogP) is 20.7. The molecular formula is C74H81F5O5. The summed E-state index contributed by atoms with van der Waals surface area (Å²) < 4.78 is 108. The quantitative estimate of drug-likeness (QED) is 0.0850. The minimum atomic E-state index is -5.23. The van der Waals surface area contributed by atoms with E-state index in [-0.39, 0.29) is 100.0 Å². The second kappa shape index (κ2) is 24.6. The van der Waals surface area contributed by atoms with Gasteiger partial charge in [-0.2, -0.15) is 13.2 Å². The fourth-order valence-corrected chi connectivity index (χ4v) is 9.69. The van der Waals surface area contributed by atoms with Gasteiger partial charge in [0, 0.05) is 0 Å². The summed E-state index contributed by atoms with van der Waals surface area (Å²) in [5.74, 6) is -2.28. The van der Waals surface area contributed by atoms with Crippen LogP contribution >= 0.6 is 0 Å². The normalized spacial score (nSPS) is 12.5. The molecule has 0 saturated carbocycles. The number of alkyl halides is 3. The first-order chi connectivity index (χ1) is 39.2. The maximum absolute atomic E-state index is 15.2. The van der Waals surface area contributed by atoms with Crippen LogP contribution in [0.25, 0.3) is 22.3 Å². The van der Waals surface area contributed by atoms with E-state index in [0.29, 0.717) is 23.3 Å². The number of hydrogen-bond donors (Lipinski definition) is 0. The van der Waals surface area contributed by atoms with Crippen LogP contribution in [0.4, 0.5) is 22.0 Å². The van der Waals surface area contributed by atoms with E-state index in [2.05, 4.69) is 177 Å². The van der Waals surface area contributed by atoms with Crippen LogP contribution in [0.5, 0.6) is 28.7 Å². The SMILES string of the molecule is CC(C)(C)c1ccc(COc2c(OCc3ccc(C(C)(C)C)cc3)c(OCc3ccc(C(C)(C)C)cc3)c(-c3ccc(-c4cc(F)c(C(F)(F)F)c(F)c4)cc3)c(OCc3ccc(C(C)(C)C)cc3)c2OCc2ccc(C(C)(C)C)cc2)cc1. The molecule has 0 aliphatic rings. The van der Waals surface area contributed by atoms with Gasteiger partial charge in [-0.1, -0.05) is 249 Å². The van der Waals surface area contributed by atoms with E-state index in [4.69, 9.17) is 23.7 Å². The summed E-state index contributed by atoms with van der Waals surface area (Å²) >= 11 is 0. The largest absolute Gasteiger partial charge is 0.484 e. The number of hydrogen-bond acceptors (Lipinski definition) is 5. The van der Waals surface area contributed by atoms with Crippen molar-refractivity contribution in [3.8, 4) is 51.0 Å². The third kappa shape index (κ3) is 15.4. The van der Waals surface area contributed by atoms with Gasteiger partial charge >= 0.3 is 6.18 Å². The van der Waals surface area contributed by atoms with Gasteiger partial charge < -0.3 is 23.7 Å². The standard InChI is InChI=1S/C74H81F5O5/c1-69(2,3)55-30-16-47(17-31-55)42-80-64-62(53-28-26-52(27-29-53)54-40-60(75)63(61(76)41-54)74(77,78)79)65(81-43-48-18-32-56(33-19-48)70(4,5)6)67(83-45-50-22-36-58(37-23-50)72(10,11)12)68(84-46-51-24-38-59(39-25-51)73(13,14)15)66(64)82-44-49-20-34-57(35-21-49)71(7,8)9/h16-41H,42-46H2,1-15H3. The molecule has 0 N–H and O–H groups in total. The predicted molar refractivity (Wildman–Crippen MR) is 330 cm³/mol. The van der Waals surface area contributed by atoms with Gasteiger partial charge in [-0.15, -0.1) is 0 Å². The molecule has 0 fully saturated rings. The molecule has 0 aliphatic carbocycles. The fourth-order valence-electron chi connectivity index (χ4n) is 9.69. The number of ether oxygens (including phenoxy) is 5. The second-order valence-electron chi connectivity index (χ2n) is 27.1. The van der Waals surface area contributed by atoms with Crippen LogP contribution in [-0.4, -0.2) is 0 Å². The molecule has 0 aliphatic heterocycles. The Morgan fingerprint density at radius 3 is 0.714 bits per heavy atom. The lowest BCUT2D eigenvalue weighted by molar-refractivity contribution is -0.142. The van der Waals surface area contributed by atoms with E-state index in [0.717, 1.165) is 55.6 Å². The number of benzene rings is 8. The van der Waals surface area contributed by atoms with Crippen molar-refractivity contribution >= 4 is 0 Å². The molecule has 8 rings (SSSR count). The Morgan fingerprint density at radius 2 is 0.488 bits per heavy atom. The summed E-state index contributed by atoms with van der Waals surface area (Å²) in [6.07, 6.45) is -5.23. The first-order valence-electron chi connectivity index (χ1n) is 28.8. The summed E-state index contributed by atoms with van der Waals surface area (Å²) in [7, 11) is 0. The fraction of sp³-hybridized carbons (Fsp3) is 0.351. The highest BCUT2D eigenvalue weighted by Gasteiger charge is 2.38. The van der Waals surface area contributed by atoms with Gasteiger partial charge in [0.25, 0.3) is 0 Å². The first kappa shape index (κ1) is 62.5. The summed E-state index contributed by atoms with van der Waals surface area (Å²) in [6, 6.07) is 49.4. The monoisotopic (exact) mass is 1140 g/mol. The molecule has 0 unspecified atom stereocenters. The van der Waals surface area contributed by atoms with Crippen molar-refractivity contribution in [3.63, 3.8) is 0 Å². The molecule has 442 valence electrons. The Morgan fingerprint density at radius 1 is 0.274 bits per heavy atom. The lowest BCUT2D eigenvalue weighted by atomic mass is 9.87. The molecule has 5 nitrogen and oxygen atoms in total. The molecule has 0 radical (unpaired) electrons. The lowest BCUT2D eigenvalue weighted by Gasteiger charge is -2.27. The van der Waals surface area contributed by atoms with Crippen LogP contribution < -0.4 is 23.7 Å². The van der Waals surface area contributed by atoms with E-state index in [1.807, 2.05) is 48.5 Å². The Hall–Kier alpha value is -7.59. The van der Waals surface area contributed by atoms with Gasteiger partial charge in [-0.05, 0) is 112 Å². The molecule has 0 aromatic heterocycles. The van der Waals surface area contributed by atoms with Gasteiger partial charge in [0.15, 0.2) is 11.5 Å². The smallest absolute Gasteiger partial charge is 0.422 e. The summed E-state index contributed by atoms with van der Waals surface area (Å²) in [5.41, 5.74) is 8.76. The third-order valence-corrected chi connectivity index (χ3v) is 15.1. The molecule has 0 heterocycles. The Kier molecular flexibility index (Phi) is 18.3. The average Bonchev–Trinajstić information content (AvgIpc) is 1.20. The second-order valence-corrected chi connectivity index (χ2v) is 27.1. The van der Waals surface area contributed by atoms with Crippen molar-refractivity contribution in [2.24, 2.45) is 0 Å². The van der Waals surface area contributed by atoms with Crippen LogP contribution in [0.2, 0.25) is 0 Å². The molecule has 10 heteroatoms. The minimum Gasteiger partial charge on any atom is -0.484 e. The van der Waals surface area contributed by atoms with Gasteiger partial charge in [0.05, 0.1) is 5.56 Å². The lowest BCUT2D eigenvalue weighted by Crippen LogP contribution is -2.13. The molecule has 0 atom stereocenters. The zero-order valence-electron chi connectivity index (χ0n) is 51.5. The number of halogens is 5. The van der Waals surface area contributed by atoms with Gasteiger partial charge in [-0.25, -0.2) is 8.78 Å². The summed E-state index contributed by atoms with van der Waals surface area (Å²) in [5, 5.41) is 0. The van der Waals surface area contributed by atoms with Crippen LogP contribution in [0.15, 0.2) is 158 Å². The molecule has 8 aromatic carbocycles. The number of rotatable bonds is 17. The molecule has 0 saturated heterocycles. The van der Waals surface area contributed by atoms with Crippen molar-refractivity contribution in [3.05, 3.63) is 231 Å². The van der Waals surface area contributed by atoms with Gasteiger partial charge in [0.1, 0.15) is 50.2 Å². The van der Waals surface area contributed by atoms with E-state index in [9.17, 15) is 13.2 Å². The third-order valence-electron chi connectivity index (χ3n) is 15.1. The summed E-state index contributed by atoms with van der Waals surface area (Å²) in [4.78, 5) is 0. The van der Waals surface area contributed by atoms with Gasteiger partial charge in [-0.3, -0.25) is 0 Å². The molecule has 84 heavy (non-hydrogen) atoms. The van der Waals surface area contributed by atoms with E-state index in [1.54, 1.807) is 24.3 Å². The van der Waals surface area contributed by atoms with Crippen molar-refractivity contribution in [2.45, 2.75) is 170 Å². The van der Waals surface area contributed by atoms with E-state index >= 15 is 8.78 Å². The highest BCUT2D eigenvalue weighted by molar-refractivity contribution is 5.87. The summed E-state index contributed by atoms with van der Waals surface area (Å²) in [6.45, 7) is 32.8. The van der Waals surface area contributed by atoms with E-state index < -0.39 is 23.4 Å². The van der Waals surface area contributed by atoms with Crippen molar-refractivity contribution < 1.29 is 45.6 Å². The topological polar surface area (TPSA) is 46.2 Å². The van der Waals surface area contributed by atoms with Crippen LogP contribution in [0, 0.1) is 11.6 Å². The van der Waals surface area contributed by atoms with Gasteiger partial charge in [0.2, 0.25) is 17.2 Å².